The lowest BCUT2D eigenvalue weighted by Gasteiger charge is -2.37. The van der Waals surface area contributed by atoms with E-state index in [1.807, 2.05) is 30.3 Å². The highest BCUT2D eigenvalue weighted by atomic mass is 35.5. The van der Waals surface area contributed by atoms with Crippen molar-refractivity contribution < 1.29 is 9.53 Å². The predicted molar refractivity (Wildman–Crippen MR) is 117 cm³/mol. The van der Waals surface area contributed by atoms with Gasteiger partial charge in [0.05, 0.1) is 5.02 Å². The van der Waals surface area contributed by atoms with Crippen molar-refractivity contribution >= 4 is 29.1 Å². The Balaban J connectivity index is 1.47. The molecule has 0 N–H and O–H groups in total. The molecule has 156 valence electrons. The van der Waals surface area contributed by atoms with Crippen LogP contribution >= 0.6 is 23.2 Å². The van der Waals surface area contributed by atoms with E-state index >= 15 is 0 Å². The lowest BCUT2D eigenvalue weighted by Crippen LogP contribution is -2.49. The highest BCUT2D eigenvalue weighted by Crippen LogP contribution is 2.32. The molecule has 1 unspecified atom stereocenters. The largest absolute Gasteiger partial charge is 0.479 e. The standard InChI is InChI=1S/C22H27Cl2N3O2/c1-16(29-20-8-5-7-19(23)21(20)24)22(28)26(2)18-10-14-27(15-11-18)13-9-17-6-3-4-12-25-17/h3-8,12,16,18H,9-11,13-15H2,1-2H3. The summed E-state index contributed by atoms with van der Waals surface area (Å²) >= 11 is 12.2. The first-order valence-electron chi connectivity index (χ1n) is 9.95. The van der Waals surface area contributed by atoms with E-state index in [-0.39, 0.29) is 11.9 Å². The molecule has 2 aromatic rings. The second-order valence-corrected chi connectivity index (χ2v) is 8.19. The number of rotatable bonds is 7. The third-order valence-electron chi connectivity index (χ3n) is 5.43. The number of halogens is 2. The molecular weight excluding hydrogens is 409 g/mol. The number of carbonyl (C=O) groups is 1. The molecule has 0 spiro atoms. The third-order valence-corrected chi connectivity index (χ3v) is 6.23. The molecule has 29 heavy (non-hydrogen) atoms. The van der Waals surface area contributed by atoms with Gasteiger partial charge in [0.1, 0.15) is 10.8 Å². The molecule has 7 heteroatoms. The van der Waals surface area contributed by atoms with E-state index in [2.05, 4.69) is 16.0 Å². The fourth-order valence-corrected chi connectivity index (χ4v) is 3.97. The summed E-state index contributed by atoms with van der Waals surface area (Å²) in [5.41, 5.74) is 1.12. The van der Waals surface area contributed by atoms with Crippen molar-refractivity contribution in [2.45, 2.75) is 38.3 Å². The number of likely N-dealkylation sites (N-methyl/N-ethyl adjacent to an activating group) is 1. The molecule has 0 saturated carbocycles. The number of nitrogens with zero attached hydrogens (tertiary/aromatic N) is 3. The first-order valence-corrected chi connectivity index (χ1v) is 10.7. The summed E-state index contributed by atoms with van der Waals surface area (Å²) in [7, 11) is 1.86. The van der Waals surface area contributed by atoms with Gasteiger partial charge in [-0.1, -0.05) is 35.3 Å². The topological polar surface area (TPSA) is 45.7 Å². The molecule has 5 nitrogen and oxygen atoms in total. The molecule has 1 atom stereocenters. The van der Waals surface area contributed by atoms with E-state index < -0.39 is 6.10 Å². The normalized spacial score (nSPS) is 16.4. The van der Waals surface area contributed by atoms with Gasteiger partial charge >= 0.3 is 0 Å². The molecule has 1 aliphatic heterocycles. The fraction of sp³-hybridized carbons (Fsp3) is 0.455. The quantitative estimate of drug-likeness (QED) is 0.649. The Bertz CT molecular complexity index is 811. The summed E-state index contributed by atoms with van der Waals surface area (Å²) in [5, 5.41) is 0.743. The van der Waals surface area contributed by atoms with Crippen LogP contribution in [0.5, 0.6) is 5.75 Å². The minimum Gasteiger partial charge on any atom is -0.479 e. The maximum absolute atomic E-state index is 12.8. The Morgan fingerprint density at radius 2 is 2.00 bits per heavy atom. The number of pyridine rings is 1. The van der Waals surface area contributed by atoms with Gasteiger partial charge in [0.15, 0.2) is 6.10 Å². The van der Waals surface area contributed by atoms with Crippen molar-refractivity contribution in [3.63, 3.8) is 0 Å². The van der Waals surface area contributed by atoms with Gasteiger partial charge in [-0.3, -0.25) is 9.78 Å². The van der Waals surface area contributed by atoms with Crippen molar-refractivity contribution in [1.29, 1.82) is 0 Å². The van der Waals surface area contributed by atoms with Crippen LogP contribution in [0.2, 0.25) is 10.0 Å². The van der Waals surface area contributed by atoms with Crippen molar-refractivity contribution in [2.24, 2.45) is 0 Å². The van der Waals surface area contributed by atoms with E-state index in [9.17, 15) is 4.79 Å². The van der Waals surface area contributed by atoms with E-state index in [1.54, 1.807) is 25.1 Å². The Morgan fingerprint density at radius 1 is 1.24 bits per heavy atom. The van der Waals surface area contributed by atoms with Crippen LogP contribution in [0.1, 0.15) is 25.5 Å². The van der Waals surface area contributed by atoms with Crippen LogP contribution < -0.4 is 4.74 Å². The fourth-order valence-electron chi connectivity index (χ4n) is 3.63. The average Bonchev–Trinajstić information content (AvgIpc) is 2.75. The van der Waals surface area contributed by atoms with Crippen LogP contribution in [0.4, 0.5) is 0 Å². The Hall–Kier alpha value is -1.82. The van der Waals surface area contributed by atoms with Crippen LogP contribution in [-0.4, -0.2) is 59.5 Å². The average molecular weight is 436 g/mol. The Morgan fingerprint density at radius 3 is 2.69 bits per heavy atom. The number of carbonyl (C=O) groups excluding carboxylic acids is 1. The minimum absolute atomic E-state index is 0.0482. The zero-order valence-electron chi connectivity index (χ0n) is 16.9. The summed E-state index contributed by atoms with van der Waals surface area (Å²) in [4.78, 5) is 21.5. The summed E-state index contributed by atoms with van der Waals surface area (Å²) < 4.78 is 5.78. The van der Waals surface area contributed by atoms with Gasteiger partial charge < -0.3 is 14.5 Å². The van der Waals surface area contributed by atoms with Gasteiger partial charge in [-0.25, -0.2) is 0 Å². The number of hydrogen-bond acceptors (Lipinski definition) is 4. The highest BCUT2D eigenvalue weighted by molar-refractivity contribution is 6.42. The molecule has 0 aliphatic carbocycles. The first kappa shape index (κ1) is 21.9. The molecule has 1 aromatic heterocycles. The lowest BCUT2D eigenvalue weighted by molar-refractivity contribution is -0.139. The molecule has 0 bridgehead atoms. The number of piperidine rings is 1. The van der Waals surface area contributed by atoms with Gasteiger partial charge in [0.25, 0.3) is 5.91 Å². The monoisotopic (exact) mass is 435 g/mol. The molecule has 2 heterocycles. The van der Waals surface area contributed by atoms with Gasteiger partial charge in [-0.05, 0) is 44.0 Å². The third kappa shape index (κ3) is 5.84. The van der Waals surface area contributed by atoms with Gasteiger partial charge in [-0.2, -0.15) is 0 Å². The van der Waals surface area contributed by atoms with E-state index in [0.29, 0.717) is 15.8 Å². The van der Waals surface area contributed by atoms with Crippen LogP contribution in [0, 0.1) is 0 Å². The summed E-state index contributed by atoms with van der Waals surface area (Å²) in [6, 6.07) is 11.4. The zero-order chi connectivity index (χ0) is 20.8. The maximum atomic E-state index is 12.8. The summed E-state index contributed by atoms with van der Waals surface area (Å²) in [5.74, 6) is 0.380. The van der Waals surface area contributed by atoms with Crippen LogP contribution in [0.25, 0.3) is 0 Å². The summed E-state index contributed by atoms with van der Waals surface area (Å²) in [6.45, 7) is 4.70. The van der Waals surface area contributed by atoms with E-state index in [1.165, 1.54) is 0 Å². The van der Waals surface area contributed by atoms with Gasteiger partial charge in [0.2, 0.25) is 0 Å². The Kier molecular flexibility index (Phi) is 7.76. The molecule has 1 fully saturated rings. The zero-order valence-corrected chi connectivity index (χ0v) is 18.4. The highest BCUT2D eigenvalue weighted by Gasteiger charge is 2.29. The second kappa shape index (κ2) is 10.3. The van der Waals surface area contributed by atoms with Gasteiger partial charge in [-0.15, -0.1) is 0 Å². The van der Waals surface area contributed by atoms with E-state index in [4.69, 9.17) is 27.9 Å². The molecule has 1 amide bonds. The van der Waals surface area contributed by atoms with Gasteiger partial charge in [0, 0.05) is 51.0 Å². The van der Waals surface area contributed by atoms with Crippen molar-refractivity contribution in [1.82, 2.24) is 14.8 Å². The second-order valence-electron chi connectivity index (χ2n) is 7.41. The number of aromatic nitrogens is 1. The Labute approximate surface area is 182 Å². The minimum atomic E-state index is -0.627. The van der Waals surface area contributed by atoms with Crippen LogP contribution in [-0.2, 0) is 11.2 Å². The molecular formula is C22H27Cl2N3O2. The lowest BCUT2D eigenvalue weighted by atomic mass is 10.0. The number of ether oxygens (including phenoxy) is 1. The number of likely N-dealkylation sites (tertiary alicyclic amines) is 1. The van der Waals surface area contributed by atoms with Crippen molar-refractivity contribution in [3.05, 3.63) is 58.3 Å². The molecule has 1 saturated heterocycles. The molecule has 1 aliphatic rings. The SMILES string of the molecule is CC(Oc1cccc(Cl)c1Cl)C(=O)N(C)C1CCN(CCc2ccccn2)CC1. The smallest absolute Gasteiger partial charge is 0.263 e. The number of benzene rings is 1. The predicted octanol–water partition coefficient (Wildman–Crippen LogP) is 4.32. The molecule has 0 radical (unpaired) electrons. The van der Waals surface area contributed by atoms with Crippen molar-refractivity contribution in [3.8, 4) is 5.75 Å². The summed E-state index contributed by atoms with van der Waals surface area (Å²) in [6.07, 6.45) is 4.07. The number of amides is 1. The van der Waals surface area contributed by atoms with Crippen LogP contribution in [0.3, 0.4) is 0 Å². The van der Waals surface area contributed by atoms with Crippen molar-refractivity contribution in [2.75, 3.05) is 26.7 Å². The van der Waals surface area contributed by atoms with E-state index in [0.717, 1.165) is 44.6 Å². The number of hydrogen-bond donors (Lipinski definition) is 0. The first-order chi connectivity index (χ1) is 14.0. The van der Waals surface area contributed by atoms with Crippen LogP contribution in [0.15, 0.2) is 42.6 Å². The molecule has 3 rings (SSSR count). The molecule has 1 aromatic carbocycles. The maximum Gasteiger partial charge on any atom is 0.263 e.